The average Bonchev–Trinajstić information content (AvgIpc) is 3.51. The second kappa shape index (κ2) is 13.8. The first kappa shape index (κ1) is 31.8. The zero-order chi connectivity index (χ0) is 32.6. The van der Waals surface area contributed by atoms with Crippen molar-refractivity contribution < 1.29 is 17.7 Å². The lowest BCUT2D eigenvalue weighted by Gasteiger charge is -2.44. The minimum absolute atomic E-state index is 0.0708. The molecule has 4 aromatic carbocycles. The van der Waals surface area contributed by atoms with Crippen LogP contribution >= 0.6 is 23.5 Å². The van der Waals surface area contributed by atoms with Crippen molar-refractivity contribution in [2.75, 3.05) is 9.80 Å². The Hall–Kier alpha value is -3.48. The summed E-state index contributed by atoms with van der Waals surface area (Å²) in [4.78, 5) is 12.4. The second-order valence-corrected chi connectivity index (χ2v) is 15.4. The number of hydrogen-bond donors (Lipinski definition) is 1. The van der Waals surface area contributed by atoms with E-state index in [4.69, 9.17) is 13.9 Å². The Morgan fingerprint density at radius 3 is 1.67 bits per heavy atom. The van der Waals surface area contributed by atoms with Gasteiger partial charge in [-0.15, -0.1) is 0 Å². The number of aliphatic hydroxyl groups excluding tert-OH is 1. The van der Waals surface area contributed by atoms with E-state index in [1.54, 1.807) is 23.5 Å². The summed E-state index contributed by atoms with van der Waals surface area (Å²) in [6.07, 6.45) is 4.66. The largest absolute Gasteiger partial charge is 0.391 e. The molecule has 0 aromatic heterocycles. The van der Waals surface area contributed by atoms with Gasteiger partial charge >= 0.3 is 11.4 Å². The van der Waals surface area contributed by atoms with Crippen LogP contribution in [0.1, 0.15) is 38.5 Å². The van der Waals surface area contributed by atoms with E-state index in [2.05, 4.69) is 92.6 Å². The molecule has 1 N–H and O–H groups in total. The van der Waals surface area contributed by atoms with E-state index in [1.807, 2.05) is 24.3 Å². The number of rotatable bonds is 3. The first-order valence-corrected chi connectivity index (χ1v) is 19.0. The highest BCUT2D eigenvalue weighted by Crippen LogP contribution is 2.52. The lowest BCUT2D eigenvalue weighted by Crippen LogP contribution is -2.49. The van der Waals surface area contributed by atoms with Crippen LogP contribution in [0.25, 0.3) is 10.4 Å². The van der Waals surface area contributed by atoms with Crippen molar-refractivity contribution in [2.45, 2.75) is 94.5 Å². The van der Waals surface area contributed by atoms with Gasteiger partial charge in [0.25, 0.3) is 0 Å². The number of hydrogen-bond acceptors (Lipinski definition) is 9. The Balaban J connectivity index is 0.000000140. The molecule has 9 rings (SSSR count). The van der Waals surface area contributed by atoms with E-state index < -0.39 is 17.5 Å². The maximum absolute atomic E-state index is 11.8. The van der Waals surface area contributed by atoms with Crippen LogP contribution in [-0.4, -0.2) is 45.8 Å². The fraction of sp³-hybridized carbons (Fsp3) is 0.333. The number of nitrogens with zero attached hydrogens (tertiary/aromatic N) is 5. The van der Waals surface area contributed by atoms with Crippen molar-refractivity contribution in [3.8, 4) is 0 Å². The lowest BCUT2D eigenvalue weighted by molar-refractivity contribution is 0.0876. The topological polar surface area (TPSA) is 111 Å². The van der Waals surface area contributed by atoms with Crippen LogP contribution in [0.5, 0.6) is 0 Å². The summed E-state index contributed by atoms with van der Waals surface area (Å²) in [6, 6.07) is 33.2. The van der Waals surface area contributed by atoms with Crippen LogP contribution in [0.4, 0.5) is 22.7 Å². The lowest BCUT2D eigenvalue weighted by atomic mass is 9.87. The number of benzene rings is 4. The molecule has 4 aromatic rings. The maximum Gasteiger partial charge on any atom is 0.305 e. The van der Waals surface area contributed by atoms with Crippen LogP contribution in [-0.2, 0) is 19.7 Å². The van der Waals surface area contributed by atoms with Gasteiger partial charge in [-0.2, -0.15) is 4.21 Å². The molecule has 7 atom stereocenters. The molecule has 3 aliphatic heterocycles. The highest BCUT2D eigenvalue weighted by molar-refractivity contribution is 8.00. The maximum atomic E-state index is 11.8. The summed E-state index contributed by atoms with van der Waals surface area (Å²) in [5.74, 6) is 0. The van der Waals surface area contributed by atoms with Crippen molar-refractivity contribution in [2.24, 2.45) is 5.11 Å². The van der Waals surface area contributed by atoms with Crippen LogP contribution < -0.4 is 9.80 Å². The van der Waals surface area contributed by atoms with E-state index >= 15 is 0 Å². The summed E-state index contributed by atoms with van der Waals surface area (Å²) in [7, 11) is 0. The third-order valence-electron chi connectivity index (χ3n) is 9.72. The van der Waals surface area contributed by atoms with Crippen LogP contribution in [0.2, 0.25) is 0 Å². The van der Waals surface area contributed by atoms with Gasteiger partial charge in [-0.05, 0) is 86.2 Å². The van der Waals surface area contributed by atoms with E-state index in [-0.39, 0.29) is 30.3 Å². The van der Waals surface area contributed by atoms with Crippen molar-refractivity contribution in [1.82, 2.24) is 0 Å². The van der Waals surface area contributed by atoms with Crippen LogP contribution in [0, 0.1) is 0 Å². The third kappa shape index (κ3) is 5.89. The highest BCUT2D eigenvalue weighted by Gasteiger charge is 2.47. The molecular weight excluding hydrogens is 663 g/mol. The van der Waals surface area contributed by atoms with E-state index in [1.165, 1.54) is 31.0 Å². The monoisotopic (exact) mass is 697 g/mol. The highest BCUT2D eigenvalue weighted by atomic mass is 32.2. The average molecular weight is 698 g/mol. The Kier molecular flexibility index (Phi) is 9.13. The van der Waals surface area contributed by atoms with Gasteiger partial charge in [0.15, 0.2) is 0 Å². The molecule has 3 heterocycles. The number of anilines is 4. The zero-order valence-corrected chi connectivity index (χ0v) is 28.5. The summed E-state index contributed by atoms with van der Waals surface area (Å²) in [5, 5.41) is 14.7. The Labute approximate surface area is 291 Å². The Morgan fingerprint density at radius 2 is 1.15 bits per heavy atom. The molecular formula is C36H35N5O4S3. The third-order valence-corrected chi connectivity index (χ3v) is 12.8. The summed E-state index contributed by atoms with van der Waals surface area (Å²) in [6.45, 7) is 0. The molecule has 3 fully saturated rings. The van der Waals surface area contributed by atoms with Gasteiger partial charge in [-0.1, -0.05) is 83.6 Å². The molecule has 2 saturated carbocycles. The molecule has 0 amide bonds. The van der Waals surface area contributed by atoms with Crippen molar-refractivity contribution >= 4 is 57.6 Å². The molecule has 0 radical (unpaired) electrons. The molecule has 246 valence electrons. The normalized spacial score (nSPS) is 28.3. The Bertz CT molecular complexity index is 1800. The van der Waals surface area contributed by atoms with Gasteiger partial charge in [0.05, 0.1) is 47.0 Å². The molecule has 0 spiro atoms. The number of para-hydroxylation sites is 4. The first-order chi connectivity index (χ1) is 23.6. The molecule has 2 aliphatic carbocycles. The summed E-state index contributed by atoms with van der Waals surface area (Å²) >= 11 is 1.94. The van der Waals surface area contributed by atoms with Crippen molar-refractivity contribution in [1.29, 1.82) is 0 Å². The summed E-state index contributed by atoms with van der Waals surface area (Å²) < 4.78 is 22.9. The smallest absolute Gasteiger partial charge is 0.305 e. The van der Waals surface area contributed by atoms with E-state index in [0.717, 1.165) is 49.9 Å². The van der Waals surface area contributed by atoms with Crippen molar-refractivity contribution in [3.05, 3.63) is 108 Å². The summed E-state index contributed by atoms with van der Waals surface area (Å²) in [5.41, 5.74) is 13.4. The van der Waals surface area contributed by atoms with Crippen LogP contribution in [0.3, 0.4) is 0 Å². The molecule has 48 heavy (non-hydrogen) atoms. The predicted octanol–water partition coefficient (Wildman–Crippen LogP) is 9.09. The zero-order valence-electron chi connectivity index (χ0n) is 26.1. The second-order valence-electron chi connectivity index (χ2n) is 12.5. The molecule has 1 saturated heterocycles. The van der Waals surface area contributed by atoms with Crippen molar-refractivity contribution in [3.63, 3.8) is 0 Å². The predicted molar refractivity (Wildman–Crippen MR) is 190 cm³/mol. The van der Waals surface area contributed by atoms with Gasteiger partial charge in [-0.25, -0.2) is 0 Å². The fourth-order valence-electron chi connectivity index (χ4n) is 7.61. The molecule has 12 heteroatoms. The minimum Gasteiger partial charge on any atom is -0.391 e. The van der Waals surface area contributed by atoms with Gasteiger partial charge < -0.3 is 14.9 Å². The van der Waals surface area contributed by atoms with E-state index in [0.29, 0.717) is 0 Å². The van der Waals surface area contributed by atoms with Gasteiger partial charge in [0.1, 0.15) is 12.2 Å². The standard InChI is InChI=1S/C18H18N4OS.C18H17NO3S2/c19-21-20-12-6-5-9-15(18(12)23)22-13-7-1-3-10-16(13)24-17-11-4-2-8-14(17)22;20-24-21-15-9-5-8-14(18(15)22-24)19-12-6-1-3-10-16(12)23-17-11-4-2-7-13(17)19/h1-4,7-8,10-12,15,18,23H,5-6,9H2;1-4,6-7,10-11,14-15,18H,5,8-9H2/t12-,15?,18+;14?,15-,18?,24?/m10/s1. The molecule has 4 unspecified atom stereocenters. The van der Waals surface area contributed by atoms with Crippen LogP contribution in [0.15, 0.2) is 122 Å². The molecule has 0 bridgehead atoms. The van der Waals surface area contributed by atoms with Gasteiger partial charge in [0, 0.05) is 24.5 Å². The van der Waals surface area contributed by atoms with Gasteiger partial charge in [-0.3, -0.25) is 8.37 Å². The first-order valence-electron chi connectivity index (χ1n) is 16.4. The molecule has 5 aliphatic rings. The minimum atomic E-state index is -1.62. The number of azide groups is 1. The SMILES string of the molecule is O=S1OC2C(N3c4ccccc4Sc4ccccc43)CCC[C@@H]2O1.[N-]=[N+]=N[C@@H]1CCCC(N2c3ccccc3Sc3ccccc32)[C@H]1O. The van der Waals surface area contributed by atoms with E-state index in [9.17, 15) is 9.32 Å². The van der Waals surface area contributed by atoms with Gasteiger partial charge in [0.2, 0.25) is 0 Å². The number of fused-ring (bicyclic) bond motifs is 5. The Morgan fingerprint density at radius 1 is 0.688 bits per heavy atom. The quantitative estimate of drug-likeness (QED) is 0.128. The fourth-order valence-corrected chi connectivity index (χ4v) is 10.6. The molecule has 9 nitrogen and oxygen atoms in total. The number of aliphatic hydroxyl groups is 1.